The van der Waals surface area contributed by atoms with E-state index in [0.717, 1.165) is 29.2 Å². The number of rotatable bonds is 10. The molecule has 0 fully saturated rings. The smallest absolute Gasteiger partial charge is 0.263 e. The van der Waals surface area contributed by atoms with Gasteiger partial charge in [0.1, 0.15) is 29.4 Å². The Hall–Kier alpha value is -4.24. The topological polar surface area (TPSA) is 92.7 Å². The minimum absolute atomic E-state index is 0.0924. The summed E-state index contributed by atoms with van der Waals surface area (Å²) in [5, 5.41) is 4.09. The predicted molar refractivity (Wildman–Crippen MR) is 149 cm³/mol. The summed E-state index contributed by atoms with van der Waals surface area (Å²) in [6, 6.07) is 15.2. The third kappa shape index (κ3) is 6.54. The molecule has 198 valence electrons. The molecule has 0 aliphatic heterocycles. The zero-order valence-electron chi connectivity index (χ0n) is 22.7. The average Bonchev–Trinajstić information content (AvgIpc) is 2.89. The molecule has 0 bridgehead atoms. The Bertz CT molecular complexity index is 1400. The van der Waals surface area contributed by atoms with E-state index >= 15 is 0 Å². The number of nitrogens with one attached hydrogen (secondary N) is 1. The largest absolute Gasteiger partial charge is 0.480 e. The number of ether oxygens (including phenoxy) is 2. The van der Waals surface area contributed by atoms with Crippen molar-refractivity contribution in [3.05, 3.63) is 72.3 Å². The highest BCUT2D eigenvalue weighted by Crippen LogP contribution is 2.34. The number of hydrogen-bond donors (Lipinski definition) is 1. The van der Waals surface area contributed by atoms with E-state index in [1.807, 2.05) is 81.4 Å². The maximum atomic E-state index is 12.9. The van der Waals surface area contributed by atoms with Gasteiger partial charge in [0.05, 0.1) is 17.1 Å². The predicted octanol–water partition coefficient (Wildman–Crippen LogP) is 4.96. The Labute approximate surface area is 223 Å². The van der Waals surface area contributed by atoms with Crippen molar-refractivity contribution in [3.63, 3.8) is 0 Å². The van der Waals surface area contributed by atoms with Gasteiger partial charge in [-0.25, -0.2) is 9.97 Å². The van der Waals surface area contributed by atoms with Crippen LogP contribution in [0.3, 0.4) is 0 Å². The molecule has 0 radical (unpaired) electrons. The lowest BCUT2D eigenvalue weighted by Crippen LogP contribution is -2.41. The molecule has 2 heterocycles. The molecule has 9 heteroatoms. The van der Waals surface area contributed by atoms with Crippen LogP contribution in [-0.2, 0) is 4.79 Å². The molecule has 1 unspecified atom stereocenters. The third-order valence-electron chi connectivity index (χ3n) is 6.08. The monoisotopic (exact) mass is 514 g/mol. The highest BCUT2D eigenvalue weighted by atomic mass is 16.5. The molecule has 0 aliphatic rings. The Morgan fingerprint density at radius 3 is 2.50 bits per heavy atom. The Morgan fingerprint density at radius 1 is 0.974 bits per heavy atom. The molecule has 0 spiro atoms. The zero-order chi connectivity index (χ0) is 27.2. The van der Waals surface area contributed by atoms with Crippen LogP contribution in [0.1, 0.15) is 18.2 Å². The highest BCUT2D eigenvalue weighted by molar-refractivity contribution is 5.96. The van der Waals surface area contributed by atoms with Crippen LogP contribution in [0.4, 0.5) is 11.5 Å². The van der Waals surface area contributed by atoms with Crippen LogP contribution in [0, 0.1) is 13.8 Å². The van der Waals surface area contributed by atoms with Crippen LogP contribution in [0.2, 0.25) is 0 Å². The molecule has 1 N–H and O–H groups in total. The zero-order valence-corrected chi connectivity index (χ0v) is 22.7. The fourth-order valence-electron chi connectivity index (χ4n) is 3.90. The van der Waals surface area contributed by atoms with Crippen LogP contribution in [-0.4, -0.2) is 71.0 Å². The number of nitrogens with zero attached hydrogens (tertiary/aromatic N) is 5. The molecule has 38 heavy (non-hydrogen) atoms. The van der Waals surface area contributed by atoms with Gasteiger partial charge >= 0.3 is 0 Å². The summed E-state index contributed by atoms with van der Waals surface area (Å²) in [5.41, 5.74) is 3.43. The maximum absolute atomic E-state index is 12.9. The van der Waals surface area contributed by atoms with Crippen LogP contribution < -0.4 is 14.8 Å². The van der Waals surface area contributed by atoms with Crippen molar-refractivity contribution in [2.45, 2.75) is 26.9 Å². The van der Waals surface area contributed by atoms with Gasteiger partial charge in [0.2, 0.25) is 0 Å². The van der Waals surface area contributed by atoms with Crippen LogP contribution >= 0.6 is 0 Å². The molecule has 0 aliphatic carbocycles. The van der Waals surface area contributed by atoms with Gasteiger partial charge < -0.3 is 24.6 Å². The number of likely N-dealkylation sites (N-methyl/N-ethyl adjacent to an activating group) is 2. The lowest BCUT2D eigenvalue weighted by atomic mass is 10.1. The third-order valence-corrected chi connectivity index (χ3v) is 6.08. The van der Waals surface area contributed by atoms with Crippen molar-refractivity contribution in [1.29, 1.82) is 0 Å². The molecule has 4 rings (SSSR count). The molecule has 1 amide bonds. The van der Waals surface area contributed by atoms with Crippen LogP contribution in [0.5, 0.6) is 17.2 Å². The molecular formula is C29H34N6O3. The summed E-state index contributed by atoms with van der Waals surface area (Å²) in [6.07, 6.45) is 2.55. The summed E-state index contributed by atoms with van der Waals surface area (Å²) in [4.78, 5) is 29.8. The summed E-state index contributed by atoms with van der Waals surface area (Å²) < 4.78 is 12.2. The van der Waals surface area contributed by atoms with Crippen LogP contribution in [0.25, 0.3) is 10.9 Å². The van der Waals surface area contributed by atoms with Gasteiger partial charge in [-0.3, -0.25) is 9.78 Å². The van der Waals surface area contributed by atoms with Gasteiger partial charge in [0, 0.05) is 31.5 Å². The molecular weight excluding hydrogens is 480 g/mol. The number of anilines is 2. The SMILES string of the molecule is Cc1ccc(Oc2ccc(Nc3ncnc4cccc(OC(C)C(=O)N(C)CCN(C)C)c34)cc2C)cn1. The first kappa shape index (κ1) is 26.8. The van der Waals surface area contributed by atoms with Gasteiger partial charge in [0.25, 0.3) is 5.91 Å². The standard InChI is InChI=1S/C29H34N6O3/c1-19-16-22(11-13-25(19)38-23-12-10-20(2)30-17-23)33-28-27-24(31-18-32-28)8-7-9-26(27)37-21(3)29(36)35(6)15-14-34(4)5/h7-13,16-18,21H,14-15H2,1-6H3,(H,31,32,33). The van der Waals surface area contributed by atoms with E-state index in [1.165, 1.54) is 6.33 Å². The lowest BCUT2D eigenvalue weighted by Gasteiger charge is -2.24. The number of fused-ring (bicyclic) bond motifs is 1. The van der Waals surface area contributed by atoms with Crippen molar-refractivity contribution in [2.75, 3.05) is 39.5 Å². The minimum atomic E-state index is -0.671. The Balaban J connectivity index is 1.54. The van der Waals surface area contributed by atoms with Gasteiger partial charge in [-0.2, -0.15) is 0 Å². The molecule has 1 atom stereocenters. The molecule has 9 nitrogen and oxygen atoms in total. The summed E-state index contributed by atoms with van der Waals surface area (Å²) >= 11 is 0. The van der Waals surface area contributed by atoms with E-state index in [4.69, 9.17) is 9.47 Å². The van der Waals surface area contributed by atoms with E-state index in [2.05, 4.69) is 20.3 Å². The molecule has 2 aromatic heterocycles. The summed E-state index contributed by atoms with van der Waals surface area (Å²) in [7, 11) is 5.74. The van der Waals surface area contributed by atoms with Gasteiger partial charge in [-0.05, 0) is 82.9 Å². The second-order valence-corrected chi connectivity index (χ2v) is 9.54. The minimum Gasteiger partial charge on any atom is -0.480 e. The Morgan fingerprint density at radius 2 is 1.79 bits per heavy atom. The van der Waals surface area contributed by atoms with E-state index in [-0.39, 0.29) is 5.91 Å². The van der Waals surface area contributed by atoms with E-state index < -0.39 is 6.10 Å². The van der Waals surface area contributed by atoms with E-state index in [0.29, 0.717) is 34.8 Å². The number of aryl methyl sites for hydroxylation is 2. The average molecular weight is 515 g/mol. The number of carbonyl (C=O) groups is 1. The number of hydrogen-bond acceptors (Lipinski definition) is 8. The second-order valence-electron chi connectivity index (χ2n) is 9.54. The number of carbonyl (C=O) groups excluding carboxylic acids is 1. The molecule has 4 aromatic rings. The summed E-state index contributed by atoms with van der Waals surface area (Å²) in [5.74, 6) is 2.45. The first-order valence-electron chi connectivity index (χ1n) is 12.5. The number of aromatic nitrogens is 3. The van der Waals surface area contributed by atoms with E-state index in [1.54, 1.807) is 25.1 Å². The molecule has 0 saturated carbocycles. The number of pyridine rings is 1. The number of amides is 1. The van der Waals surface area contributed by atoms with Crippen molar-refractivity contribution in [3.8, 4) is 17.2 Å². The summed E-state index contributed by atoms with van der Waals surface area (Å²) in [6.45, 7) is 7.07. The van der Waals surface area contributed by atoms with Crippen molar-refractivity contribution < 1.29 is 14.3 Å². The first-order valence-corrected chi connectivity index (χ1v) is 12.5. The quantitative estimate of drug-likeness (QED) is 0.317. The number of benzene rings is 2. The lowest BCUT2D eigenvalue weighted by molar-refractivity contribution is -0.136. The Kier molecular flexibility index (Phi) is 8.38. The second kappa shape index (κ2) is 11.9. The molecule has 2 aromatic carbocycles. The highest BCUT2D eigenvalue weighted by Gasteiger charge is 2.21. The van der Waals surface area contributed by atoms with Gasteiger partial charge in [-0.15, -0.1) is 0 Å². The maximum Gasteiger partial charge on any atom is 0.263 e. The fourth-order valence-corrected chi connectivity index (χ4v) is 3.90. The van der Waals surface area contributed by atoms with Crippen LogP contribution in [0.15, 0.2) is 61.1 Å². The van der Waals surface area contributed by atoms with Gasteiger partial charge in [0.15, 0.2) is 6.10 Å². The normalized spacial score (nSPS) is 11.9. The van der Waals surface area contributed by atoms with Crippen molar-refractivity contribution in [2.24, 2.45) is 0 Å². The molecule has 0 saturated heterocycles. The van der Waals surface area contributed by atoms with Crippen molar-refractivity contribution in [1.82, 2.24) is 24.8 Å². The van der Waals surface area contributed by atoms with Crippen molar-refractivity contribution >= 4 is 28.3 Å². The fraction of sp³-hybridized carbons (Fsp3) is 0.310. The van der Waals surface area contributed by atoms with Gasteiger partial charge in [-0.1, -0.05) is 6.07 Å². The first-order chi connectivity index (χ1) is 18.2. The van der Waals surface area contributed by atoms with E-state index in [9.17, 15) is 4.79 Å².